The lowest BCUT2D eigenvalue weighted by atomic mass is 9.72. The Hall–Kier alpha value is -2.49. The van der Waals surface area contributed by atoms with E-state index in [9.17, 15) is 4.79 Å². The molecule has 3 fully saturated rings. The number of nitrogens with one attached hydrogen (secondary N) is 1. The lowest BCUT2D eigenvalue weighted by Gasteiger charge is -2.60. The van der Waals surface area contributed by atoms with Crippen molar-refractivity contribution < 1.29 is 4.79 Å². The molecule has 2 aromatic heterocycles. The smallest absolute Gasteiger partial charge is 0.239 e. The first-order valence-corrected chi connectivity index (χ1v) is 12.5. The van der Waals surface area contributed by atoms with Crippen molar-refractivity contribution in [3.05, 3.63) is 40.0 Å². The van der Waals surface area contributed by atoms with Gasteiger partial charge in [0, 0.05) is 41.6 Å². The molecule has 9 nitrogen and oxygen atoms in total. The number of carbonyl (C=O) groups is 1. The van der Waals surface area contributed by atoms with Crippen molar-refractivity contribution in [1.82, 2.24) is 35.2 Å². The Kier molecular flexibility index (Phi) is 5.38. The molecule has 3 aliphatic heterocycles. The van der Waals surface area contributed by atoms with E-state index in [-0.39, 0.29) is 23.4 Å². The van der Waals surface area contributed by atoms with Crippen LogP contribution >= 0.6 is 23.2 Å². The number of rotatable bonds is 4. The van der Waals surface area contributed by atoms with Crippen molar-refractivity contribution in [1.29, 1.82) is 0 Å². The summed E-state index contributed by atoms with van der Waals surface area (Å²) in [4.78, 5) is 26.2. The van der Waals surface area contributed by atoms with Crippen LogP contribution in [0.3, 0.4) is 0 Å². The van der Waals surface area contributed by atoms with Gasteiger partial charge in [0.25, 0.3) is 0 Å². The van der Waals surface area contributed by atoms with E-state index in [4.69, 9.17) is 28.2 Å². The highest BCUT2D eigenvalue weighted by molar-refractivity contribution is 6.35. The monoisotopic (exact) mass is 500 g/mol. The van der Waals surface area contributed by atoms with Gasteiger partial charge < -0.3 is 15.1 Å². The zero-order valence-electron chi connectivity index (χ0n) is 18.9. The molecule has 1 N–H and O–H groups in total. The SMILES string of the molecule is C[C@H](c1ccc(Cl)cc1Cl)n1nnc2cnc(N3CC4(CN(C(=O)[C@H]5CCCCN5)C4)C3)nc21. The average molecular weight is 501 g/mol. The second-order valence-electron chi connectivity index (χ2n) is 9.81. The standard InChI is InChI=1S/C23H26Cl2N8O/c1-14(16-6-5-15(24)8-17(16)25)33-20-19(29-30-33)9-27-22(28-20)32-12-23(13-32)10-31(11-23)21(34)18-4-2-3-7-26-18/h5-6,8-9,14,18,26H,2-4,7,10-13H2,1H3/t14-,18-/m1/s1. The maximum atomic E-state index is 12.7. The van der Waals surface area contributed by atoms with E-state index in [1.54, 1.807) is 16.9 Å². The van der Waals surface area contributed by atoms with Crippen molar-refractivity contribution in [2.24, 2.45) is 5.41 Å². The van der Waals surface area contributed by atoms with E-state index < -0.39 is 0 Å². The van der Waals surface area contributed by atoms with Crippen molar-refractivity contribution >= 4 is 46.2 Å². The summed E-state index contributed by atoms with van der Waals surface area (Å²) in [5, 5.41) is 13.1. The summed E-state index contributed by atoms with van der Waals surface area (Å²) in [5.41, 5.74) is 2.35. The number of piperidine rings is 1. The number of hydrogen-bond donors (Lipinski definition) is 1. The molecule has 11 heteroatoms. The predicted octanol–water partition coefficient (Wildman–Crippen LogP) is 2.93. The number of aromatic nitrogens is 5. The Balaban J connectivity index is 1.15. The van der Waals surface area contributed by atoms with Gasteiger partial charge in [-0.3, -0.25) is 4.79 Å². The Bertz CT molecular complexity index is 1240. The van der Waals surface area contributed by atoms with Crippen LogP contribution in [0.4, 0.5) is 5.95 Å². The van der Waals surface area contributed by atoms with Gasteiger partial charge in [0.05, 0.1) is 18.3 Å². The topological polar surface area (TPSA) is 92.1 Å². The van der Waals surface area contributed by atoms with Crippen LogP contribution in [-0.2, 0) is 4.79 Å². The Morgan fingerprint density at radius 2 is 2.03 bits per heavy atom. The molecule has 178 valence electrons. The molecule has 0 radical (unpaired) electrons. The number of carbonyl (C=O) groups excluding carboxylic acids is 1. The van der Waals surface area contributed by atoms with Gasteiger partial charge in [-0.15, -0.1) is 5.10 Å². The summed E-state index contributed by atoms with van der Waals surface area (Å²) >= 11 is 12.5. The van der Waals surface area contributed by atoms with Crippen LogP contribution in [0.25, 0.3) is 11.2 Å². The fourth-order valence-electron chi connectivity index (χ4n) is 5.43. The Morgan fingerprint density at radius 3 is 2.76 bits per heavy atom. The first-order valence-electron chi connectivity index (χ1n) is 11.7. The third-order valence-corrected chi connectivity index (χ3v) is 7.85. The van der Waals surface area contributed by atoms with Gasteiger partial charge in [-0.1, -0.05) is 40.9 Å². The van der Waals surface area contributed by atoms with Crippen LogP contribution in [-0.4, -0.2) is 74.5 Å². The highest BCUT2D eigenvalue weighted by atomic mass is 35.5. The molecule has 0 bridgehead atoms. The minimum atomic E-state index is -0.167. The molecule has 34 heavy (non-hydrogen) atoms. The van der Waals surface area contributed by atoms with Crippen LogP contribution in [0.15, 0.2) is 24.4 Å². The van der Waals surface area contributed by atoms with Gasteiger partial charge in [0.1, 0.15) is 0 Å². The molecule has 0 saturated carbocycles. The summed E-state index contributed by atoms with van der Waals surface area (Å²) in [6.07, 6.45) is 4.95. The number of amides is 1. The highest BCUT2D eigenvalue weighted by Gasteiger charge is 2.54. The van der Waals surface area contributed by atoms with E-state index in [0.717, 1.165) is 57.5 Å². The number of hydrogen-bond acceptors (Lipinski definition) is 7. The lowest BCUT2D eigenvalue weighted by molar-refractivity contribution is -0.148. The normalized spacial score (nSPS) is 22.5. The first-order chi connectivity index (χ1) is 16.4. The lowest BCUT2D eigenvalue weighted by Crippen LogP contribution is -2.74. The molecular weight excluding hydrogens is 475 g/mol. The molecule has 5 heterocycles. The minimum absolute atomic E-state index is 0.00283. The molecule has 0 aliphatic carbocycles. The van der Waals surface area contributed by atoms with Crippen molar-refractivity contribution in [2.45, 2.75) is 38.3 Å². The van der Waals surface area contributed by atoms with Crippen molar-refractivity contribution in [3.63, 3.8) is 0 Å². The summed E-state index contributed by atoms with van der Waals surface area (Å²) in [7, 11) is 0. The van der Waals surface area contributed by atoms with E-state index >= 15 is 0 Å². The molecule has 1 aromatic carbocycles. The van der Waals surface area contributed by atoms with Gasteiger partial charge in [-0.05, 0) is 44.0 Å². The van der Waals surface area contributed by atoms with Crippen LogP contribution < -0.4 is 10.2 Å². The molecule has 2 atom stereocenters. The zero-order valence-corrected chi connectivity index (χ0v) is 20.4. The Labute approximate surface area is 207 Å². The third kappa shape index (κ3) is 3.70. The van der Waals surface area contributed by atoms with E-state index in [1.165, 1.54) is 0 Å². The van der Waals surface area contributed by atoms with Crippen molar-refractivity contribution in [2.75, 3.05) is 37.6 Å². The minimum Gasteiger partial charge on any atom is -0.340 e. The van der Waals surface area contributed by atoms with Crippen LogP contribution in [0.2, 0.25) is 10.0 Å². The van der Waals surface area contributed by atoms with Gasteiger partial charge in [0.2, 0.25) is 11.9 Å². The molecule has 3 aliphatic rings. The molecule has 1 spiro atoms. The molecule has 6 rings (SSSR count). The average Bonchev–Trinajstić information content (AvgIpc) is 3.20. The predicted molar refractivity (Wildman–Crippen MR) is 130 cm³/mol. The summed E-state index contributed by atoms with van der Waals surface area (Å²) in [6, 6.07) is 5.27. The molecular formula is C23H26Cl2N8O. The van der Waals surface area contributed by atoms with E-state index in [0.29, 0.717) is 27.2 Å². The Morgan fingerprint density at radius 1 is 1.21 bits per heavy atom. The molecule has 0 unspecified atom stereocenters. The maximum Gasteiger partial charge on any atom is 0.239 e. The largest absolute Gasteiger partial charge is 0.340 e. The second kappa shape index (κ2) is 8.32. The number of anilines is 1. The van der Waals surface area contributed by atoms with Gasteiger partial charge in [0.15, 0.2) is 11.2 Å². The number of halogens is 2. The number of likely N-dealkylation sites (tertiary alicyclic amines) is 1. The number of benzene rings is 1. The second-order valence-corrected chi connectivity index (χ2v) is 10.7. The summed E-state index contributed by atoms with van der Waals surface area (Å²) < 4.78 is 1.77. The fraction of sp³-hybridized carbons (Fsp3) is 0.522. The number of fused-ring (bicyclic) bond motifs is 1. The van der Waals surface area contributed by atoms with Crippen LogP contribution in [0, 0.1) is 5.41 Å². The van der Waals surface area contributed by atoms with Crippen LogP contribution in [0.1, 0.15) is 37.8 Å². The zero-order chi connectivity index (χ0) is 23.4. The quantitative estimate of drug-likeness (QED) is 0.588. The van der Waals surface area contributed by atoms with Crippen LogP contribution in [0.5, 0.6) is 0 Å². The maximum absolute atomic E-state index is 12.7. The fourth-order valence-corrected chi connectivity index (χ4v) is 5.99. The molecule has 3 aromatic rings. The van der Waals surface area contributed by atoms with E-state index in [2.05, 4.69) is 25.5 Å². The van der Waals surface area contributed by atoms with Gasteiger partial charge >= 0.3 is 0 Å². The van der Waals surface area contributed by atoms with Gasteiger partial charge in [-0.25, -0.2) is 9.67 Å². The molecule has 3 saturated heterocycles. The summed E-state index contributed by atoms with van der Waals surface area (Å²) in [5.74, 6) is 0.918. The summed E-state index contributed by atoms with van der Waals surface area (Å²) in [6.45, 7) is 6.27. The van der Waals surface area contributed by atoms with Gasteiger partial charge in [-0.2, -0.15) is 4.98 Å². The highest BCUT2D eigenvalue weighted by Crippen LogP contribution is 2.41. The third-order valence-electron chi connectivity index (χ3n) is 7.29. The number of nitrogens with zero attached hydrogens (tertiary/aromatic N) is 7. The molecule has 1 amide bonds. The first kappa shape index (κ1) is 22.0. The van der Waals surface area contributed by atoms with Crippen molar-refractivity contribution in [3.8, 4) is 0 Å². The van der Waals surface area contributed by atoms with E-state index in [1.807, 2.05) is 24.0 Å².